The molecule has 0 saturated carbocycles. The third-order valence-corrected chi connectivity index (χ3v) is 5.53. The standard InChI is InChI=1S/C24H50N/c1-2-3-4-5-6-7-8-9-10-11-12-13-14-15-16-17-18-19-20-21-22-23-24-25/h25H,2-24H2,1H3. The van der Waals surface area contributed by atoms with Crippen LogP contribution in [0.15, 0.2) is 0 Å². The predicted octanol–water partition coefficient (Wildman–Crippen LogP) is 8.87. The van der Waals surface area contributed by atoms with E-state index in [2.05, 4.69) is 6.92 Å². The van der Waals surface area contributed by atoms with Gasteiger partial charge in [0.25, 0.3) is 0 Å². The van der Waals surface area contributed by atoms with Crippen LogP contribution < -0.4 is 5.73 Å². The van der Waals surface area contributed by atoms with E-state index in [0.29, 0.717) is 6.54 Å². The van der Waals surface area contributed by atoms with E-state index in [0.717, 1.165) is 6.42 Å². The summed E-state index contributed by atoms with van der Waals surface area (Å²) < 4.78 is 0. The Hall–Kier alpha value is -0.0400. The van der Waals surface area contributed by atoms with Gasteiger partial charge in [-0.25, -0.2) is 0 Å². The smallest absolute Gasteiger partial charge is 0.00997 e. The second-order valence-corrected chi connectivity index (χ2v) is 8.17. The molecule has 0 atom stereocenters. The molecule has 0 bridgehead atoms. The summed E-state index contributed by atoms with van der Waals surface area (Å²) in [6, 6.07) is 0. The third kappa shape index (κ3) is 24.0. The molecule has 1 nitrogen and oxygen atoms in total. The van der Waals surface area contributed by atoms with E-state index < -0.39 is 0 Å². The van der Waals surface area contributed by atoms with Crippen LogP contribution in [-0.2, 0) is 0 Å². The summed E-state index contributed by atoms with van der Waals surface area (Å²) in [4.78, 5) is 0. The molecule has 0 aliphatic carbocycles. The molecule has 0 aliphatic rings. The number of unbranched alkanes of at least 4 members (excludes halogenated alkanes) is 21. The Morgan fingerprint density at radius 3 is 0.720 bits per heavy atom. The van der Waals surface area contributed by atoms with E-state index in [1.54, 1.807) is 0 Å². The summed E-state index contributed by atoms with van der Waals surface area (Å²) in [5, 5.41) is 0. The molecule has 0 saturated heterocycles. The monoisotopic (exact) mass is 352 g/mol. The minimum Gasteiger partial charge on any atom is -0.258 e. The highest BCUT2D eigenvalue weighted by Crippen LogP contribution is 2.15. The summed E-state index contributed by atoms with van der Waals surface area (Å²) in [6.07, 6.45) is 31.5. The van der Waals surface area contributed by atoms with Gasteiger partial charge in [0.05, 0.1) is 0 Å². The zero-order valence-corrected chi connectivity index (χ0v) is 17.8. The Bertz CT molecular complexity index is 192. The summed E-state index contributed by atoms with van der Waals surface area (Å²) in [7, 11) is 0. The molecule has 151 valence electrons. The fourth-order valence-electron chi connectivity index (χ4n) is 3.73. The topological polar surface area (TPSA) is 23.8 Å². The van der Waals surface area contributed by atoms with Gasteiger partial charge in [0, 0.05) is 6.54 Å². The Kier molecular flexibility index (Phi) is 23.9. The number of hydrogen-bond donors (Lipinski definition) is 0. The summed E-state index contributed by atoms with van der Waals surface area (Å²) >= 11 is 0. The summed E-state index contributed by atoms with van der Waals surface area (Å²) in [5.74, 6) is 0. The highest BCUT2D eigenvalue weighted by Gasteiger charge is 1.95. The lowest BCUT2D eigenvalue weighted by Gasteiger charge is -2.04. The Labute approximate surface area is 160 Å². The van der Waals surface area contributed by atoms with Crippen LogP contribution in [-0.4, -0.2) is 6.54 Å². The maximum Gasteiger partial charge on any atom is 0.00997 e. The van der Waals surface area contributed by atoms with E-state index in [9.17, 15) is 0 Å². The Balaban J connectivity index is 2.94. The van der Waals surface area contributed by atoms with Gasteiger partial charge < -0.3 is 0 Å². The summed E-state index contributed by atoms with van der Waals surface area (Å²) in [6.45, 7) is 2.92. The maximum atomic E-state index is 7.12. The van der Waals surface area contributed by atoms with Crippen molar-refractivity contribution in [2.45, 2.75) is 148 Å². The normalized spacial score (nSPS) is 11.3. The van der Waals surface area contributed by atoms with Gasteiger partial charge in [0.15, 0.2) is 0 Å². The molecule has 0 aliphatic heterocycles. The molecular weight excluding hydrogens is 302 g/mol. The molecular formula is C24H50N. The average molecular weight is 353 g/mol. The van der Waals surface area contributed by atoms with Crippen molar-refractivity contribution in [2.24, 2.45) is 0 Å². The SMILES string of the molecule is CCCCCCCCCCCCCCCCCCCCCCCC[NH]. The fraction of sp³-hybridized carbons (Fsp3) is 1.00. The average Bonchev–Trinajstić information content (AvgIpc) is 2.63. The largest absolute Gasteiger partial charge is 0.258 e. The van der Waals surface area contributed by atoms with Crippen molar-refractivity contribution in [3.8, 4) is 0 Å². The van der Waals surface area contributed by atoms with E-state index in [1.807, 2.05) is 0 Å². The van der Waals surface area contributed by atoms with E-state index in [4.69, 9.17) is 5.73 Å². The lowest BCUT2D eigenvalue weighted by molar-refractivity contribution is 0.519. The molecule has 0 rings (SSSR count). The second-order valence-electron chi connectivity index (χ2n) is 8.17. The van der Waals surface area contributed by atoms with Crippen LogP contribution in [0.25, 0.3) is 0 Å². The highest BCUT2D eigenvalue weighted by molar-refractivity contribution is 4.51. The molecule has 1 N–H and O–H groups in total. The van der Waals surface area contributed by atoms with Gasteiger partial charge in [-0.2, -0.15) is 0 Å². The van der Waals surface area contributed by atoms with Crippen molar-refractivity contribution < 1.29 is 0 Å². The first-order valence-electron chi connectivity index (χ1n) is 12.1. The molecule has 0 heterocycles. The van der Waals surface area contributed by atoms with Gasteiger partial charge in [-0.15, -0.1) is 0 Å². The minimum absolute atomic E-state index is 0.624. The predicted molar refractivity (Wildman–Crippen MR) is 115 cm³/mol. The highest BCUT2D eigenvalue weighted by atomic mass is 14.5. The van der Waals surface area contributed by atoms with Crippen LogP contribution in [0.5, 0.6) is 0 Å². The molecule has 0 unspecified atom stereocenters. The van der Waals surface area contributed by atoms with Crippen LogP contribution in [0.3, 0.4) is 0 Å². The molecule has 0 spiro atoms. The lowest BCUT2D eigenvalue weighted by Crippen LogP contribution is -1.86. The maximum absolute atomic E-state index is 7.12. The van der Waals surface area contributed by atoms with E-state index in [-0.39, 0.29) is 0 Å². The summed E-state index contributed by atoms with van der Waals surface area (Å²) in [5.41, 5.74) is 7.12. The molecule has 25 heavy (non-hydrogen) atoms. The quantitative estimate of drug-likeness (QED) is 0.174. The van der Waals surface area contributed by atoms with Crippen molar-refractivity contribution >= 4 is 0 Å². The molecule has 0 aromatic heterocycles. The zero-order chi connectivity index (χ0) is 18.3. The van der Waals surface area contributed by atoms with Crippen molar-refractivity contribution in [2.75, 3.05) is 6.54 Å². The number of hydrogen-bond acceptors (Lipinski definition) is 0. The van der Waals surface area contributed by atoms with Gasteiger partial charge in [0.2, 0.25) is 0 Å². The van der Waals surface area contributed by atoms with E-state index in [1.165, 1.54) is 135 Å². The van der Waals surface area contributed by atoms with Crippen LogP contribution in [0.4, 0.5) is 0 Å². The first-order chi connectivity index (χ1) is 12.4. The molecule has 0 fully saturated rings. The third-order valence-electron chi connectivity index (χ3n) is 5.53. The lowest BCUT2D eigenvalue weighted by atomic mass is 10.0. The minimum atomic E-state index is 0.624. The van der Waals surface area contributed by atoms with Crippen LogP contribution in [0.2, 0.25) is 0 Å². The van der Waals surface area contributed by atoms with Crippen molar-refractivity contribution in [1.82, 2.24) is 5.73 Å². The van der Waals surface area contributed by atoms with Crippen molar-refractivity contribution in [3.05, 3.63) is 0 Å². The zero-order valence-electron chi connectivity index (χ0n) is 17.8. The first kappa shape index (κ1) is 25.0. The Morgan fingerprint density at radius 1 is 0.320 bits per heavy atom. The molecule has 0 amide bonds. The van der Waals surface area contributed by atoms with Crippen molar-refractivity contribution in [1.29, 1.82) is 0 Å². The van der Waals surface area contributed by atoms with Gasteiger partial charge in [-0.1, -0.05) is 142 Å². The van der Waals surface area contributed by atoms with Gasteiger partial charge in [-0.3, -0.25) is 5.73 Å². The van der Waals surface area contributed by atoms with Gasteiger partial charge >= 0.3 is 0 Å². The molecule has 0 aromatic rings. The Morgan fingerprint density at radius 2 is 0.520 bits per heavy atom. The number of rotatable bonds is 22. The van der Waals surface area contributed by atoms with Crippen LogP contribution in [0, 0.1) is 0 Å². The number of nitrogens with one attached hydrogen (secondary N) is 1. The molecule has 1 heteroatoms. The first-order valence-corrected chi connectivity index (χ1v) is 12.1. The fourth-order valence-corrected chi connectivity index (χ4v) is 3.73. The van der Waals surface area contributed by atoms with E-state index >= 15 is 0 Å². The second kappa shape index (κ2) is 24.0. The molecule has 0 aromatic carbocycles. The van der Waals surface area contributed by atoms with Crippen LogP contribution >= 0.6 is 0 Å². The van der Waals surface area contributed by atoms with Crippen molar-refractivity contribution in [3.63, 3.8) is 0 Å². The van der Waals surface area contributed by atoms with Crippen LogP contribution in [0.1, 0.15) is 148 Å². The van der Waals surface area contributed by atoms with Gasteiger partial charge in [-0.05, 0) is 6.42 Å². The van der Waals surface area contributed by atoms with Gasteiger partial charge in [0.1, 0.15) is 0 Å². The molecule has 1 radical (unpaired) electrons.